The zero-order valence-electron chi connectivity index (χ0n) is 15.6. The zero-order chi connectivity index (χ0) is 18.8. The average Bonchev–Trinajstić information content (AvgIpc) is 2.67. The third kappa shape index (κ3) is 6.36. The molecule has 4 nitrogen and oxygen atoms in total. The molecule has 0 aliphatic rings. The summed E-state index contributed by atoms with van der Waals surface area (Å²) in [4.78, 5) is 24.2. The first-order chi connectivity index (χ1) is 12.6. The normalized spacial score (nSPS) is 11.8. The summed E-state index contributed by atoms with van der Waals surface area (Å²) < 4.78 is 0. The van der Waals surface area contributed by atoms with Crippen molar-refractivity contribution in [1.29, 1.82) is 0 Å². The smallest absolute Gasteiger partial charge is 0.221 e. The summed E-state index contributed by atoms with van der Waals surface area (Å²) in [6.07, 6.45) is 1.56. The topological polar surface area (TPSA) is 58.2 Å². The highest BCUT2D eigenvalue weighted by Crippen LogP contribution is 2.27. The Kier molecular flexibility index (Phi) is 7.87. The van der Waals surface area contributed by atoms with Gasteiger partial charge in [-0.15, -0.1) is 0 Å². The first-order valence-electron chi connectivity index (χ1n) is 9.26. The summed E-state index contributed by atoms with van der Waals surface area (Å²) in [6, 6.07) is 20.3. The fourth-order valence-electron chi connectivity index (χ4n) is 2.82. The molecule has 0 spiro atoms. The van der Waals surface area contributed by atoms with Crippen molar-refractivity contribution in [1.82, 2.24) is 10.6 Å². The molecular weight excluding hydrogens is 324 g/mol. The van der Waals surface area contributed by atoms with Crippen LogP contribution in [0, 0.1) is 0 Å². The molecule has 0 saturated heterocycles. The average molecular weight is 352 g/mol. The largest absolute Gasteiger partial charge is 0.356 e. The Labute approximate surface area is 156 Å². The van der Waals surface area contributed by atoms with Crippen molar-refractivity contribution >= 4 is 11.8 Å². The van der Waals surface area contributed by atoms with Gasteiger partial charge in [-0.2, -0.15) is 0 Å². The molecule has 2 aromatic carbocycles. The first-order valence-corrected chi connectivity index (χ1v) is 9.26. The predicted molar refractivity (Wildman–Crippen MR) is 105 cm³/mol. The van der Waals surface area contributed by atoms with Crippen molar-refractivity contribution in [2.45, 2.75) is 45.1 Å². The molecule has 138 valence electrons. The van der Waals surface area contributed by atoms with Crippen LogP contribution in [0.15, 0.2) is 60.7 Å². The lowest BCUT2D eigenvalue weighted by Gasteiger charge is -2.18. The van der Waals surface area contributed by atoms with E-state index in [-0.39, 0.29) is 23.8 Å². The summed E-state index contributed by atoms with van der Waals surface area (Å²) in [5, 5.41) is 5.78. The fourth-order valence-corrected chi connectivity index (χ4v) is 2.82. The SMILES string of the molecule is CCC(C)NC(=O)CCNC(=O)CC(c1ccccc1)c1ccccc1. The number of benzene rings is 2. The van der Waals surface area contributed by atoms with Crippen LogP contribution >= 0.6 is 0 Å². The third-order valence-electron chi connectivity index (χ3n) is 4.49. The maximum atomic E-state index is 12.4. The maximum Gasteiger partial charge on any atom is 0.221 e. The summed E-state index contributed by atoms with van der Waals surface area (Å²) in [7, 11) is 0. The van der Waals surface area contributed by atoms with Crippen LogP contribution in [0.3, 0.4) is 0 Å². The lowest BCUT2D eigenvalue weighted by molar-refractivity contribution is -0.122. The van der Waals surface area contributed by atoms with E-state index in [9.17, 15) is 9.59 Å². The van der Waals surface area contributed by atoms with Gasteiger partial charge >= 0.3 is 0 Å². The van der Waals surface area contributed by atoms with Gasteiger partial charge in [-0.05, 0) is 24.5 Å². The fraction of sp³-hybridized carbons (Fsp3) is 0.364. The molecular formula is C22H28N2O2. The van der Waals surface area contributed by atoms with Crippen molar-refractivity contribution in [2.24, 2.45) is 0 Å². The molecule has 26 heavy (non-hydrogen) atoms. The number of hydrogen-bond donors (Lipinski definition) is 2. The van der Waals surface area contributed by atoms with Crippen molar-refractivity contribution in [2.75, 3.05) is 6.54 Å². The molecule has 0 aromatic heterocycles. The van der Waals surface area contributed by atoms with Crippen LogP contribution in [0.4, 0.5) is 0 Å². The van der Waals surface area contributed by atoms with Crippen molar-refractivity contribution in [3.05, 3.63) is 71.8 Å². The molecule has 0 saturated carbocycles. The van der Waals surface area contributed by atoms with Crippen LogP contribution in [-0.2, 0) is 9.59 Å². The Bertz CT molecular complexity index is 646. The molecule has 0 fully saturated rings. The van der Waals surface area contributed by atoms with Gasteiger partial charge in [-0.25, -0.2) is 0 Å². The second-order valence-electron chi connectivity index (χ2n) is 6.55. The molecule has 2 rings (SSSR count). The van der Waals surface area contributed by atoms with E-state index in [0.29, 0.717) is 19.4 Å². The number of hydrogen-bond acceptors (Lipinski definition) is 2. The zero-order valence-corrected chi connectivity index (χ0v) is 15.6. The molecule has 1 atom stereocenters. The highest BCUT2D eigenvalue weighted by atomic mass is 16.2. The summed E-state index contributed by atoms with van der Waals surface area (Å²) in [6.45, 7) is 4.36. The van der Waals surface area contributed by atoms with Crippen LogP contribution in [0.5, 0.6) is 0 Å². The van der Waals surface area contributed by atoms with Gasteiger partial charge in [0.1, 0.15) is 0 Å². The molecule has 0 radical (unpaired) electrons. The predicted octanol–water partition coefficient (Wildman–Crippen LogP) is 3.63. The molecule has 2 amide bonds. The third-order valence-corrected chi connectivity index (χ3v) is 4.49. The van der Waals surface area contributed by atoms with Crippen molar-refractivity contribution in [3.8, 4) is 0 Å². The van der Waals surface area contributed by atoms with E-state index < -0.39 is 0 Å². The number of carbonyl (C=O) groups excluding carboxylic acids is 2. The monoisotopic (exact) mass is 352 g/mol. The standard InChI is InChI=1S/C22H28N2O2/c1-3-17(2)24-21(25)14-15-23-22(26)16-20(18-10-6-4-7-11-18)19-12-8-5-9-13-19/h4-13,17,20H,3,14-16H2,1-2H3,(H,23,26)(H,24,25). The van der Waals surface area contributed by atoms with E-state index in [1.807, 2.05) is 74.5 Å². The summed E-state index contributed by atoms with van der Waals surface area (Å²) >= 11 is 0. The Balaban J connectivity index is 1.92. The second kappa shape index (κ2) is 10.4. The lowest BCUT2D eigenvalue weighted by Crippen LogP contribution is -2.35. The van der Waals surface area contributed by atoms with E-state index in [4.69, 9.17) is 0 Å². The minimum atomic E-state index is -0.0425. The van der Waals surface area contributed by atoms with E-state index >= 15 is 0 Å². The first kappa shape index (κ1) is 19.7. The molecule has 2 N–H and O–H groups in total. The van der Waals surface area contributed by atoms with Gasteiger partial charge in [0.25, 0.3) is 0 Å². The van der Waals surface area contributed by atoms with Gasteiger partial charge in [0.2, 0.25) is 11.8 Å². The summed E-state index contributed by atoms with van der Waals surface area (Å²) in [5.41, 5.74) is 2.23. The number of carbonyl (C=O) groups is 2. The number of nitrogens with one attached hydrogen (secondary N) is 2. The Morgan fingerprint density at radius 3 is 1.92 bits per heavy atom. The Hall–Kier alpha value is -2.62. The molecule has 0 bridgehead atoms. The second-order valence-corrected chi connectivity index (χ2v) is 6.55. The molecule has 4 heteroatoms. The Morgan fingerprint density at radius 1 is 0.885 bits per heavy atom. The van der Waals surface area contributed by atoms with Crippen LogP contribution in [0.25, 0.3) is 0 Å². The van der Waals surface area contributed by atoms with Crippen LogP contribution in [-0.4, -0.2) is 24.4 Å². The maximum absolute atomic E-state index is 12.4. The van der Waals surface area contributed by atoms with E-state index in [2.05, 4.69) is 10.6 Å². The lowest BCUT2D eigenvalue weighted by atomic mass is 9.88. The molecule has 0 aliphatic carbocycles. The van der Waals surface area contributed by atoms with Gasteiger partial charge < -0.3 is 10.6 Å². The molecule has 0 aliphatic heterocycles. The van der Waals surface area contributed by atoms with Gasteiger partial charge in [-0.3, -0.25) is 9.59 Å². The number of rotatable bonds is 9. The quantitative estimate of drug-likeness (QED) is 0.724. The number of amides is 2. The highest BCUT2D eigenvalue weighted by molar-refractivity contribution is 5.80. The van der Waals surface area contributed by atoms with Gasteiger partial charge in [0.15, 0.2) is 0 Å². The van der Waals surface area contributed by atoms with Crippen molar-refractivity contribution in [3.63, 3.8) is 0 Å². The van der Waals surface area contributed by atoms with Gasteiger partial charge in [0.05, 0.1) is 0 Å². The van der Waals surface area contributed by atoms with Crippen molar-refractivity contribution < 1.29 is 9.59 Å². The summed E-state index contributed by atoms with van der Waals surface area (Å²) in [5.74, 6) is -0.0623. The molecule has 1 unspecified atom stereocenters. The van der Waals surface area contributed by atoms with E-state index in [1.165, 1.54) is 0 Å². The Morgan fingerprint density at radius 2 is 1.42 bits per heavy atom. The van der Waals surface area contributed by atoms with Gasteiger partial charge in [-0.1, -0.05) is 67.6 Å². The van der Waals surface area contributed by atoms with Crippen LogP contribution in [0.2, 0.25) is 0 Å². The minimum Gasteiger partial charge on any atom is -0.356 e. The van der Waals surface area contributed by atoms with Crippen LogP contribution < -0.4 is 10.6 Å². The molecule has 0 heterocycles. The van der Waals surface area contributed by atoms with E-state index in [1.54, 1.807) is 0 Å². The van der Waals surface area contributed by atoms with Crippen LogP contribution in [0.1, 0.15) is 50.2 Å². The molecule has 2 aromatic rings. The van der Waals surface area contributed by atoms with E-state index in [0.717, 1.165) is 17.5 Å². The minimum absolute atomic E-state index is 0.00587. The van der Waals surface area contributed by atoms with Gasteiger partial charge in [0, 0.05) is 31.3 Å². The highest BCUT2D eigenvalue weighted by Gasteiger charge is 2.18.